The Hall–Kier alpha value is -2.72. The van der Waals surface area contributed by atoms with Crippen molar-refractivity contribution in [1.29, 1.82) is 0 Å². The first kappa shape index (κ1) is 21.0. The topological polar surface area (TPSA) is 51.5 Å². The number of aryl methyl sites for hydroxylation is 1. The number of hydrogen-bond donors (Lipinski definition) is 1. The molecule has 0 aliphatic heterocycles. The van der Waals surface area contributed by atoms with E-state index < -0.39 is 0 Å². The number of allylic oxidation sites excluding steroid dienone is 1. The van der Waals surface area contributed by atoms with Crippen LogP contribution < -0.4 is 10.1 Å². The van der Waals surface area contributed by atoms with Crippen LogP contribution >= 0.6 is 11.6 Å². The molecule has 29 heavy (non-hydrogen) atoms. The van der Waals surface area contributed by atoms with Gasteiger partial charge in [0.25, 0.3) is 0 Å². The third-order valence-corrected chi connectivity index (χ3v) is 5.43. The summed E-state index contributed by atoms with van der Waals surface area (Å²) in [5.74, 6) is 0.598. The fourth-order valence-corrected chi connectivity index (χ4v) is 3.51. The molecule has 2 aromatic carbocycles. The molecule has 3 aromatic rings. The van der Waals surface area contributed by atoms with Crippen LogP contribution in [0.4, 0.5) is 0 Å². The fourth-order valence-electron chi connectivity index (χ4n) is 3.39. The molecule has 1 amide bonds. The van der Waals surface area contributed by atoms with E-state index in [9.17, 15) is 4.79 Å². The summed E-state index contributed by atoms with van der Waals surface area (Å²) in [5.41, 5.74) is 5.35. The highest BCUT2D eigenvalue weighted by atomic mass is 35.5. The quantitative estimate of drug-likeness (QED) is 0.478. The lowest BCUT2D eigenvalue weighted by molar-refractivity contribution is -0.117. The molecule has 0 saturated carbocycles. The number of carbonyl (C=O) groups is 1. The summed E-state index contributed by atoms with van der Waals surface area (Å²) in [7, 11) is 1.63. The number of rotatable bonds is 6. The van der Waals surface area contributed by atoms with Gasteiger partial charge in [0.05, 0.1) is 13.4 Å². The predicted octanol–water partition coefficient (Wildman–Crippen LogP) is 6.39. The van der Waals surface area contributed by atoms with Crippen LogP contribution in [0.5, 0.6) is 5.75 Å². The van der Waals surface area contributed by atoms with Gasteiger partial charge in [0.2, 0.25) is 5.91 Å². The third kappa shape index (κ3) is 4.33. The second-order valence-electron chi connectivity index (χ2n) is 7.26. The van der Waals surface area contributed by atoms with Crippen LogP contribution in [-0.4, -0.2) is 19.1 Å². The Morgan fingerprint density at radius 2 is 2.00 bits per heavy atom. The molecule has 0 radical (unpaired) electrons. The number of fused-ring (bicyclic) bond motifs is 1. The Labute approximate surface area is 176 Å². The summed E-state index contributed by atoms with van der Waals surface area (Å²) in [4.78, 5) is 12.4. The number of furan rings is 1. The van der Waals surface area contributed by atoms with E-state index in [1.165, 1.54) is 0 Å². The minimum atomic E-state index is -0.109. The maximum atomic E-state index is 12.4. The smallest absolute Gasteiger partial charge is 0.244 e. The van der Waals surface area contributed by atoms with Crippen LogP contribution in [0.3, 0.4) is 0 Å². The fraction of sp³-hybridized carbons (Fsp3) is 0.292. The van der Waals surface area contributed by atoms with Crippen molar-refractivity contribution in [2.24, 2.45) is 0 Å². The van der Waals surface area contributed by atoms with Gasteiger partial charge in [0.15, 0.2) is 0 Å². The van der Waals surface area contributed by atoms with Crippen molar-refractivity contribution >= 4 is 34.1 Å². The second-order valence-corrected chi connectivity index (χ2v) is 7.70. The van der Waals surface area contributed by atoms with E-state index in [2.05, 4.69) is 5.32 Å². The van der Waals surface area contributed by atoms with Gasteiger partial charge in [-0.25, -0.2) is 0 Å². The van der Waals surface area contributed by atoms with Gasteiger partial charge in [0.1, 0.15) is 11.3 Å². The lowest BCUT2D eigenvalue weighted by atomic mass is 9.96. The SMILES string of the molecule is CCC(C)NC(=O)/C=C(\C)c1cc2c(-c3ccc(Cl)cc3)coc2c(C)c1OC. The maximum absolute atomic E-state index is 12.4. The standard InChI is InChI=1S/C24H26ClNO3/c1-6-15(3)26-22(27)11-14(2)19-12-20-21(17-7-9-18(25)10-8-17)13-29-24(20)16(4)23(19)28-5/h7-13,15H,6H2,1-5H3,(H,26,27)/b14-11+. The van der Waals surface area contributed by atoms with E-state index in [1.54, 1.807) is 19.4 Å². The van der Waals surface area contributed by atoms with Gasteiger partial charge >= 0.3 is 0 Å². The number of amides is 1. The zero-order valence-corrected chi connectivity index (χ0v) is 18.2. The van der Waals surface area contributed by atoms with E-state index in [-0.39, 0.29) is 11.9 Å². The van der Waals surface area contributed by atoms with Crippen molar-refractivity contribution in [3.05, 3.63) is 58.8 Å². The maximum Gasteiger partial charge on any atom is 0.244 e. The van der Waals surface area contributed by atoms with E-state index in [1.807, 2.05) is 58.0 Å². The first-order valence-electron chi connectivity index (χ1n) is 9.69. The first-order chi connectivity index (χ1) is 13.8. The van der Waals surface area contributed by atoms with Crippen LogP contribution in [0, 0.1) is 6.92 Å². The van der Waals surface area contributed by atoms with Crippen molar-refractivity contribution in [3.8, 4) is 16.9 Å². The molecule has 0 saturated heterocycles. The zero-order chi connectivity index (χ0) is 21.1. The van der Waals surface area contributed by atoms with E-state index in [0.29, 0.717) is 10.8 Å². The predicted molar refractivity (Wildman–Crippen MR) is 119 cm³/mol. The Morgan fingerprint density at radius 1 is 1.31 bits per heavy atom. The van der Waals surface area contributed by atoms with E-state index in [0.717, 1.165) is 45.2 Å². The molecule has 1 N–H and O–H groups in total. The molecule has 5 heteroatoms. The molecule has 0 spiro atoms. The average Bonchev–Trinajstić information content (AvgIpc) is 3.12. The molecule has 152 valence electrons. The number of benzene rings is 2. The number of methoxy groups -OCH3 is 1. The number of ether oxygens (including phenoxy) is 1. The van der Waals surface area contributed by atoms with Crippen LogP contribution in [0.2, 0.25) is 5.02 Å². The average molecular weight is 412 g/mol. The van der Waals surface area contributed by atoms with Gasteiger partial charge in [0, 0.05) is 39.2 Å². The monoisotopic (exact) mass is 411 g/mol. The Morgan fingerprint density at radius 3 is 2.62 bits per heavy atom. The molecular formula is C24H26ClNO3. The Balaban J connectivity index is 2.12. The van der Waals surface area contributed by atoms with Crippen molar-refractivity contribution in [3.63, 3.8) is 0 Å². The van der Waals surface area contributed by atoms with Crippen LogP contribution in [0.25, 0.3) is 27.7 Å². The highest BCUT2D eigenvalue weighted by molar-refractivity contribution is 6.30. The highest BCUT2D eigenvalue weighted by Gasteiger charge is 2.19. The molecule has 1 unspecified atom stereocenters. The third-order valence-electron chi connectivity index (χ3n) is 5.18. The van der Waals surface area contributed by atoms with Gasteiger partial charge in [-0.2, -0.15) is 0 Å². The van der Waals surface area contributed by atoms with Gasteiger partial charge in [-0.05, 0) is 56.5 Å². The Kier molecular flexibility index (Phi) is 6.33. The number of nitrogens with one attached hydrogen (secondary N) is 1. The largest absolute Gasteiger partial charge is 0.496 e. The minimum Gasteiger partial charge on any atom is -0.496 e. The molecule has 0 bridgehead atoms. The summed E-state index contributed by atoms with van der Waals surface area (Å²) >= 11 is 6.03. The van der Waals surface area contributed by atoms with Crippen molar-refractivity contribution in [2.75, 3.05) is 7.11 Å². The summed E-state index contributed by atoms with van der Waals surface area (Å²) in [6, 6.07) is 9.80. The van der Waals surface area contributed by atoms with Gasteiger partial charge in [-0.1, -0.05) is 30.7 Å². The van der Waals surface area contributed by atoms with Crippen molar-refractivity contribution in [1.82, 2.24) is 5.32 Å². The van der Waals surface area contributed by atoms with E-state index >= 15 is 0 Å². The van der Waals surface area contributed by atoms with Crippen molar-refractivity contribution < 1.29 is 13.9 Å². The molecule has 1 heterocycles. The lowest BCUT2D eigenvalue weighted by Crippen LogP contribution is -2.30. The molecule has 0 aliphatic rings. The summed E-state index contributed by atoms with van der Waals surface area (Å²) in [5, 5.41) is 4.62. The van der Waals surface area contributed by atoms with Gasteiger partial charge < -0.3 is 14.5 Å². The summed E-state index contributed by atoms with van der Waals surface area (Å²) in [6.45, 7) is 7.91. The second kappa shape index (κ2) is 8.75. The molecule has 3 rings (SSSR count). The number of halogens is 1. The first-order valence-corrected chi connectivity index (χ1v) is 10.1. The minimum absolute atomic E-state index is 0.109. The van der Waals surface area contributed by atoms with Crippen LogP contribution in [0.15, 0.2) is 47.1 Å². The molecule has 4 nitrogen and oxygen atoms in total. The van der Waals surface area contributed by atoms with Gasteiger partial charge in [-0.15, -0.1) is 0 Å². The molecule has 0 aliphatic carbocycles. The van der Waals surface area contributed by atoms with E-state index in [4.69, 9.17) is 20.8 Å². The molecule has 1 atom stereocenters. The highest BCUT2D eigenvalue weighted by Crippen LogP contribution is 2.40. The van der Waals surface area contributed by atoms with Crippen LogP contribution in [0.1, 0.15) is 38.3 Å². The lowest BCUT2D eigenvalue weighted by Gasteiger charge is -2.14. The van der Waals surface area contributed by atoms with Gasteiger partial charge in [-0.3, -0.25) is 4.79 Å². The number of hydrogen-bond acceptors (Lipinski definition) is 3. The molecule has 0 fully saturated rings. The Bertz CT molecular complexity index is 1060. The number of carbonyl (C=O) groups excluding carboxylic acids is 1. The summed E-state index contributed by atoms with van der Waals surface area (Å²) < 4.78 is 11.5. The van der Waals surface area contributed by atoms with Crippen LogP contribution in [-0.2, 0) is 4.79 Å². The summed E-state index contributed by atoms with van der Waals surface area (Å²) in [6.07, 6.45) is 4.25. The normalized spacial score (nSPS) is 12.8. The molecule has 1 aromatic heterocycles. The molecular weight excluding hydrogens is 386 g/mol. The zero-order valence-electron chi connectivity index (χ0n) is 17.4. The van der Waals surface area contributed by atoms with Crippen molar-refractivity contribution in [2.45, 2.75) is 40.2 Å².